The first-order chi connectivity index (χ1) is 10.8. The van der Waals surface area contributed by atoms with Crippen molar-refractivity contribution in [1.29, 1.82) is 0 Å². The Kier molecular flexibility index (Phi) is 6.61. The van der Waals surface area contributed by atoms with Gasteiger partial charge in [0.2, 0.25) is 0 Å². The Labute approximate surface area is 131 Å². The number of methoxy groups -OCH3 is 1. The summed E-state index contributed by atoms with van der Waals surface area (Å²) in [6, 6.07) is 7.34. The highest BCUT2D eigenvalue weighted by molar-refractivity contribution is 5.29. The molecule has 0 amide bonds. The summed E-state index contributed by atoms with van der Waals surface area (Å²) in [5, 5.41) is 3.27. The number of aromatic nitrogens is 2. The second kappa shape index (κ2) is 8.97. The second-order valence-corrected chi connectivity index (χ2v) is 5.40. The predicted octanol–water partition coefficient (Wildman–Crippen LogP) is 4.35. The average Bonchev–Trinajstić information content (AvgIpc) is 3.08. The summed E-state index contributed by atoms with van der Waals surface area (Å²) < 4.78 is 7.21. The average molecular weight is 301 g/mol. The largest absolute Gasteiger partial charge is 0.497 e. The number of ether oxygens (including phenoxy) is 1. The Balaban J connectivity index is 1.66. The van der Waals surface area contributed by atoms with E-state index in [1.54, 1.807) is 13.3 Å². The molecule has 0 bridgehead atoms. The fourth-order valence-electron chi connectivity index (χ4n) is 2.51. The fraction of sp³-hybridized carbons (Fsp3) is 0.471. The van der Waals surface area contributed by atoms with Crippen molar-refractivity contribution in [2.45, 2.75) is 44.7 Å². The lowest BCUT2D eigenvalue weighted by molar-refractivity contribution is 0.414. The maximum atomic E-state index is 11.0. The van der Waals surface area contributed by atoms with Crippen molar-refractivity contribution in [2.24, 2.45) is 5.18 Å². The Morgan fingerprint density at radius 1 is 1.18 bits per heavy atom. The van der Waals surface area contributed by atoms with Crippen LogP contribution >= 0.6 is 0 Å². The second-order valence-electron chi connectivity index (χ2n) is 5.40. The molecule has 1 heterocycles. The highest BCUT2D eigenvalue weighted by Crippen LogP contribution is 2.25. The third-order valence-electron chi connectivity index (χ3n) is 3.83. The first-order valence-corrected chi connectivity index (χ1v) is 7.75. The molecular weight excluding hydrogens is 278 g/mol. The van der Waals surface area contributed by atoms with E-state index in [-0.39, 0.29) is 6.04 Å². The molecule has 0 fully saturated rings. The van der Waals surface area contributed by atoms with E-state index in [9.17, 15) is 4.91 Å². The Bertz CT molecular complexity index is 538. The van der Waals surface area contributed by atoms with Crippen molar-refractivity contribution in [2.75, 3.05) is 7.11 Å². The normalized spacial score (nSPS) is 12.0. The van der Waals surface area contributed by atoms with Crippen LogP contribution in [-0.4, -0.2) is 16.7 Å². The van der Waals surface area contributed by atoms with Crippen molar-refractivity contribution in [3.05, 3.63) is 53.5 Å². The molecule has 0 aliphatic rings. The van der Waals surface area contributed by atoms with Crippen LogP contribution in [0, 0.1) is 4.91 Å². The van der Waals surface area contributed by atoms with Gasteiger partial charge in [0.15, 0.2) is 0 Å². The zero-order valence-electron chi connectivity index (χ0n) is 13.0. The lowest BCUT2D eigenvalue weighted by Gasteiger charge is -2.10. The Morgan fingerprint density at radius 3 is 2.59 bits per heavy atom. The maximum Gasteiger partial charge on any atom is 0.118 e. The first-order valence-electron chi connectivity index (χ1n) is 7.75. The van der Waals surface area contributed by atoms with Crippen LogP contribution < -0.4 is 4.74 Å². The number of imidazole rings is 1. The van der Waals surface area contributed by atoms with Crippen LogP contribution in [0.15, 0.2) is 48.2 Å². The van der Waals surface area contributed by atoms with Gasteiger partial charge in [0.1, 0.15) is 11.8 Å². The molecule has 0 radical (unpaired) electrons. The monoisotopic (exact) mass is 301 g/mol. The minimum atomic E-state index is -0.250. The molecule has 0 saturated heterocycles. The van der Waals surface area contributed by atoms with Gasteiger partial charge in [-0.1, -0.05) is 36.6 Å². The molecule has 22 heavy (non-hydrogen) atoms. The maximum absolute atomic E-state index is 11.0. The molecule has 5 heteroatoms. The van der Waals surface area contributed by atoms with Crippen LogP contribution in [-0.2, 0) is 6.54 Å². The molecule has 118 valence electrons. The SMILES string of the molecule is COc1ccc(C(CCCCCCn2ccnc2)N=O)cc1. The summed E-state index contributed by atoms with van der Waals surface area (Å²) in [4.78, 5) is 15.1. The van der Waals surface area contributed by atoms with Gasteiger partial charge in [-0.05, 0) is 30.5 Å². The van der Waals surface area contributed by atoms with E-state index in [2.05, 4.69) is 14.7 Å². The third-order valence-corrected chi connectivity index (χ3v) is 3.83. The van der Waals surface area contributed by atoms with E-state index < -0.39 is 0 Å². The van der Waals surface area contributed by atoms with Gasteiger partial charge >= 0.3 is 0 Å². The summed E-state index contributed by atoms with van der Waals surface area (Å²) in [6.07, 6.45) is 10.9. The Morgan fingerprint density at radius 2 is 1.95 bits per heavy atom. The molecule has 0 aliphatic heterocycles. The van der Waals surface area contributed by atoms with E-state index in [1.807, 2.05) is 36.8 Å². The number of hydrogen-bond acceptors (Lipinski definition) is 4. The summed E-state index contributed by atoms with van der Waals surface area (Å²) in [5.74, 6) is 0.799. The van der Waals surface area contributed by atoms with Gasteiger partial charge in [-0.15, -0.1) is 0 Å². The van der Waals surface area contributed by atoms with Crippen LogP contribution in [0.4, 0.5) is 0 Å². The molecule has 2 aromatic rings. The fourth-order valence-corrected chi connectivity index (χ4v) is 2.51. The zero-order chi connectivity index (χ0) is 15.6. The van der Waals surface area contributed by atoms with Crippen molar-refractivity contribution in [1.82, 2.24) is 9.55 Å². The molecule has 0 aliphatic carbocycles. The minimum Gasteiger partial charge on any atom is -0.497 e. The molecule has 0 N–H and O–H groups in total. The molecule has 0 saturated carbocycles. The van der Waals surface area contributed by atoms with E-state index >= 15 is 0 Å². The van der Waals surface area contributed by atoms with E-state index in [0.717, 1.165) is 50.0 Å². The molecule has 1 aromatic carbocycles. The van der Waals surface area contributed by atoms with Crippen LogP contribution in [0.3, 0.4) is 0 Å². The number of rotatable bonds is 10. The van der Waals surface area contributed by atoms with E-state index in [1.165, 1.54) is 0 Å². The van der Waals surface area contributed by atoms with E-state index in [0.29, 0.717) is 0 Å². The van der Waals surface area contributed by atoms with Gasteiger partial charge < -0.3 is 9.30 Å². The Hall–Kier alpha value is -2.17. The van der Waals surface area contributed by atoms with Gasteiger partial charge in [0.05, 0.1) is 13.4 Å². The smallest absolute Gasteiger partial charge is 0.118 e. The van der Waals surface area contributed by atoms with E-state index in [4.69, 9.17) is 4.74 Å². The highest BCUT2D eigenvalue weighted by atomic mass is 16.5. The van der Waals surface area contributed by atoms with Crippen LogP contribution in [0.25, 0.3) is 0 Å². The summed E-state index contributed by atoms with van der Waals surface area (Å²) in [5.41, 5.74) is 0.967. The molecule has 2 rings (SSSR count). The minimum absolute atomic E-state index is 0.250. The van der Waals surface area contributed by atoms with Crippen molar-refractivity contribution >= 4 is 0 Å². The number of aryl methyl sites for hydroxylation is 1. The standard InChI is InChI=1S/C17H23N3O2/c1-22-16-9-7-15(8-10-16)17(19-21)6-4-2-3-5-12-20-13-11-18-14-20/h7-11,13-14,17H,2-6,12H2,1H3. The van der Waals surface area contributed by atoms with Gasteiger partial charge in [-0.25, -0.2) is 4.98 Å². The van der Waals surface area contributed by atoms with Gasteiger partial charge in [-0.2, -0.15) is 4.91 Å². The topological polar surface area (TPSA) is 56.5 Å². The molecule has 5 nitrogen and oxygen atoms in total. The lowest BCUT2D eigenvalue weighted by Crippen LogP contribution is -1.97. The quantitative estimate of drug-likeness (QED) is 0.484. The number of nitrogens with zero attached hydrogens (tertiary/aromatic N) is 3. The molecule has 1 unspecified atom stereocenters. The number of unbranched alkanes of at least 4 members (excludes halogenated alkanes) is 3. The van der Waals surface area contributed by atoms with Crippen molar-refractivity contribution in [3.63, 3.8) is 0 Å². The number of hydrogen-bond donors (Lipinski definition) is 0. The van der Waals surface area contributed by atoms with Gasteiger partial charge in [0, 0.05) is 18.9 Å². The summed E-state index contributed by atoms with van der Waals surface area (Å²) in [7, 11) is 1.63. The van der Waals surface area contributed by atoms with Crippen LogP contribution in [0.1, 0.15) is 43.7 Å². The number of benzene rings is 1. The highest BCUT2D eigenvalue weighted by Gasteiger charge is 2.11. The van der Waals surface area contributed by atoms with Crippen LogP contribution in [0.2, 0.25) is 0 Å². The molecule has 1 aromatic heterocycles. The van der Waals surface area contributed by atoms with Crippen molar-refractivity contribution in [3.8, 4) is 5.75 Å². The predicted molar refractivity (Wildman–Crippen MR) is 86.8 cm³/mol. The molecule has 1 atom stereocenters. The van der Waals surface area contributed by atoms with Crippen LogP contribution in [0.5, 0.6) is 5.75 Å². The zero-order valence-corrected chi connectivity index (χ0v) is 13.0. The molecular formula is C17H23N3O2. The summed E-state index contributed by atoms with van der Waals surface area (Å²) >= 11 is 0. The van der Waals surface area contributed by atoms with Crippen molar-refractivity contribution < 1.29 is 4.74 Å². The number of nitroso groups, excluding NO2 is 1. The third kappa shape index (κ3) is 4.98. The first kappa shape index (κ1) is 16.2. The summed E-state index contributed by atoms with van der Waals surface area (Å²) in [6.45, 7) is 1.01. The lowest BCUT2D eigenvalue weighted by atomic mass is 10.0. The van der Waals surface area contributed by atoms with Gasteiger partial charge in [-0.3, -0.25) is 0 Å². The molecule has 0 spiro atoms. The van der Waals surface area contributed by atoms with Gasteiger partial charge in [0.25, 0.3) is 0 Å².